The summed E-state index contributed by atoms with van der Waals surface area (Å²) >= 11 is 0. The highest BCUT2D eigenvalue weighted by atomic mass is 16.1. The second-order valence-corrected chi connectivity index (χ2v) is 4.88. The van der Waals surface area contributed by atoms with Crippen molar-refractivity contribution in [1.82, 2.24) is 4.90 Å². The minimum absolute atomic E-state index is 0.0664. The molecule has 0 aliphatic heterocycles. The first-order valence-corrected chi connectivity index (χ1v) is 6.16. The average molecular weight is 244 g/mol. The van der Waals surface area contributed by atoms with Gasteiger partial charge in [0.05, 0.1) is 18.0 Å². The number of Topliss-reactive ketones (excluding diaryl/α,β-unsaturated/α-hetero) is 1. The normalized spacial score (nSPS) is 14.0. The van der Waals surface area contributed by atoms with E-state index in [1.54, 1.807) is 0 Å². The van der Waals surface area contributed by atoms with E-state index in [4.69, 9.17) is 5.26 Å². The third-order valence-electron chi connectivity index (χ3n) is 3.16. The van der Waals surface area contributed by atoms with Crippen LogP contribution in [0.25, 0.3) is 0 Å². The van der Waals surface area contributed by atoms with Crippen molar-refractivity contribution in [3.63, 3.8) is 0 Å². The van der Waals surface area contributed by atoms with E-state index in [0.29, 0.717) is 6.54 Å². The second-order valence-electron chi connectivity index (χ2n) is 4.88. The summed E-state index contributed by atoms with van der Waals surface area (Å²) < 4.78 is 0. The van der Waals surface area contributed by atoms with E-state index in [-0.39, 0.29) is 17.7 Å². The fourth-order valence-corrected chi connectivity index (χ4v) is 1.79. The number of aryl methyl sites for hydroxylation is 1. The third kappa shape index (κ3) is 3.68. The summed E-state index contributed by atoms with van der Waals surface area (Å²) in [6, 6.07) is 9.58. The van der Waals surface area contributed by atoms with Crippen LogP contribution in [-0.4, -0.2) is 30.3 Å². The molecule has 0 aliphatic carbocycles. The molecule has 3 nitrogen and oxygen atoms in total. The Balaban J connectivity index is 2.72. The van der Waals surface area contributed by atoms with Crippen LogP contribution in [-0.2, 0) is 0 Å². The highest BCUT2D eigenvalue weighted by Crippen LogP contribution is 2.10. The van der Waals surface area contributed by atoms with Crippen molar-refractivity contribution >= 4 is 5.78 Å². The molecule has 0 fully saturated rings. The molecule has 1 rings (SSSR count). The Hall–Kier alpha value is -1.66. The van der Waals surface area contributed by atoms with Gasteiger partial charge in [-0.2, -0.15) is 5.26 Å². The Morgan fingerprint density at radius 1 is 1.33 bits per heavy atom. The van der Waals surface area contributed by atoms with E-state index >= 15 is 0 Å². The molecule has 0 aromatic heterocycles. The van der Waals surface area contributed by atoms with Gasteiger partial charge in [-0.05, 0) is 27.8 Å². The molecule has 0 radical (unpaired) electrons. The number of nitrogens with zero attached hydrogens (tertiary/aromatic N) is 2. The van der Waals surface area contributed by atoms with E-state index < -0.39 is 0 Å². The number of nitriles is 1. The lowest BCUT2D eigenvalue weighted by molar-refractivity contribution is 0.0862. The molecule has 0 heterocycles. The van der Waals surface area contributed by atoms with E-state index in [1.807, 2.05) is 57.0 Å². The van der Waals surface area contributed by atoms with Gasteiger partial charge in [-0.1, -0.05) is 29.8 Å². The Morgan fingerprint density at radius 2 is 1.89 bits per heavy atom. The van der Waals surface area contributed by atoms with Crippen LogP contribution in [0.5, 0.6) is 0 Å². The molecule has 0 bridgehead atoms. The highest BCUT2D eigenvalue weighted by molar-refractivity contribution is 5.99. The first-order valence-electron chi connectivity index (χ1n) is 6.16. The molecule has 18 heavy (non-hydrogen) atoms. The van der Waals surface area contributed by atoms with E-state index in [9.17, 15) is 4.79 Å². The van der Waals surface area contributed by atoms with Gasteiger partial charge in [-0.25, -0.2) is 0 Å². The highest BCUT2D eigenvalue weighted by Gasteiger charge is 2.20. The molecule has 0 N–H and O–H groups in total. The molecule has 1 aromatic carbocycles. The fourth-order valence-electron chi connectivity index (χ4n) is 1.79. The lowest BCUT2D eigenvalue weighted by Crippen LogP contribution is -2.38. The SMILES string of the molecule is Cc1ccc(C(=O)C(C)N(C)CC(C)C#N)cc1. The lowest BCUT2D eigenvalue weighted by atomic mass is 10.0. The predicted octanol–water partition coefficient (Wildman–Crippen LogP) is 2.66. The van der Waals surface area contributed by atoms with Crippen LogP contribution < -0.4 is 0 Å². The van der Waals surface area contributed by atoms with Crippen molar-refractivity contribution in [2.45, 2.75) is 26.8 Å². The van der Waals surface area contributed by atoms with Crippen molar-refractivity contribution in [3.8, 4) is 6.07 Å². The van der Waals surface area contributed by atoms with Crippen molar-refractivity contribution in [1.29, 1.82) is 5.26 Å². The third-order valence-corrected chi connectivity index (χ3v) is 3.16. The maximum absolute atomic E-state index is 12.2. The molecular formula is C15H20N2O. The van der Waals surface area contributed by atoms with Gasteiger partial charge in [0.2, 0.25) is 0 Å². The largest absolute Gasteiger partial charge is 0.295 e. The molecule has 0 saturated heterocycles. The number of carbonyl (C=O) groups is 1. The number of benzene rings is 1. The standard InChI is InChI=1S/C15H20N2O/c1-11-5-7-14(8-6-11)15(18)13(3)17(4)10-12(2)9-16/h5-8,12-13H,10H2,1-4H3. The molecule has 3 heteroatoms. The van der Waals surface area contributed by atoms with Crippen molar-refractivity contribution < 1.29 is 4.79 Å². The van der Waals surface area contributed by atoms with Crippen LogP contribution in [0.3, 0.4) is 0 Å². The molecule has 2 atom stereocenters. The van der Waals surface area contributed by atoms with Crippen LogP contribution >= 0.6 is 0 Å². The van der Waals surface area contributed by atoms with E-state index in [2.05, 4.69) is 6.07 Å². The van der Waals surface area contributed by atoms with Gasteiger partial charge in [-0.15, -0.1) is 0 Å². The molecule has 0 amide bonds. The lowest BCUT2D eigenvalue weighted by Gasteiger charge is -2.24. The second kappa shape index (κ2) is 6.32. The number of carbonyl (C=O) groups excluding carboxylic acids is 1. The molecule has 2 unspecified atom stereocenters. The Morgan fingerprint density at radius 3 is 2.39 bits per heavy atom. The zero-order valence-corrected chi connectivity index (χ0v) is 11.5. The number of ketones is 1. The van der Waals surface area contributed by atoms with Crippen molar-refractivity contribution in [2.75, 3.05) is 13.6 Å². The summed E-state index contributed by atoms with van der Waals surface area (Å²) in [6.07, 6.45) is 0. The van der Waals surface area contributed by atoms with Crippen LogP contribution in [0, 0.1) is 24.2 Å². The van der Waals surface area contributed by atoms with Gasteiger partial charge >= 0.3 is 0 Å². The molecular weight excluding hydrogens is 224 g/mol. The van der Waals surface area contributed by atoms with Crippen molar-refractivity contribution in [2.24, 2.45) is 5.92 Å². The summed E-state index contributed by atoms with van der Waals surface area (Å²) in [7, 11) is 1.88. The quantitative estimate of drug-likeness (QED) is 0.748. The number of likely N-dealkylation sites (N-methyl/N-ethyl adjacent to an activating group) is 1. The minimum Gasteiger partial charge on any atom is -0.295 e. The zero-order valence-electron chi connectivity index (χ0n) is 11.5. The monoisotopic (exact) mass is 244 g/mol. The molecule has 0 spiro atoms. The summed E-state index contributed by atoms with van der Waals surface area (Å²) in [5.74, 6) is 0.0332. The van der Waals surface area contributed by atoms with E-state index in [1.165, 1.54) is 0 Å². The average Bonchev–Trinajstić information content (AvgIpc) is 2.37. The number of hydrogen-bond acceptors (Lipinski definition) is 3. The zero-order chi connectivity index (χ0) is 13.7. The molecule has 1 aromatic rings. The van der Waals surface area contributed by atoms with Gasteiger partial charge in [0, 0.05) is 12.1 Å². The van der Waals surface area contributed by atoms with Gasteiger partial charge in [0.15, 0.2) is 5.78 Å². The maximum atomic E-state index is 12.2. The predicted molar refractivity (Wildman–Crippen MR) is 72.4 cm³/mol. The maximum Gasteiger partial charge on any atom is 0.179 e. The first kappa shape index (κ1) is 14.4. The summed E-state index contributed by atoms with van der Waals surface area (Å²) in [5, 5.41) is 8.79. The van der Waals surface area contributed by atoms with Gasteiger partial charge in [0.25, 0.3) is 0 Å². The smallest absolute Gasteiger partial charge is 0.179 e. The van der Waals surface area contributed by atoms with Gasteiger partial charge in [-0.3, -0.25) is 9.69 Å². The fraction of sp³-hybridized carbons (Fsp3) is 0.467. The Labute approximate surface area is 109 Å². The summed E-state index contributed by atoms with van der Waals surface area (Å²) in [4.78, 5) is 14.2. The van der Waals surface area contributed by atoms with E-state index in [0.717, 1.165) is 11.1 Å². The minimum atomic E-state index is -0.205. The topological polar surface area (TPSA) is 44.1 Å². The summed E-state index contributed by atoms with van der Waals surface area (Å²) in [5.41, 5.74) is 1.87. The molecule has 0 aliphatic rings. The Kier molecular flexibility index (Phi) is 5.06. The van der Waals surface area contributed by atoms with Gasteiger partial charge < -0.3 is 0 Å². The number of hydrogen-bond donors (Lipinski definition) is 0. The number of rotatable bonds is 5. The summed E-state index contributed by atoms with van der Waals surface area (Å²) in [6.45, 7) is 6.35. The van der Waals surface area contributed by atoms with Crippen LogP contribution in [0.4, 0.5) is 0 Å². The molecule has 96 valence electrons. The molecule has 0 saturated carbocycles. The van der Waals surface area contributed by atoms with Crippen LogP contribution in [0.2, 0.25) is 0 Å². The van der Waals surface area contributed by atoms with Crippen LogP contribution in [0.15, 0.2) is 24.3 Å². The first-order chi connectivity index (χ1) is 8.45. The van der Waals surface area contributed by atoms with Gasteiger partial charge in [0.1, 0.15) is 0 Å². The van der Waals surface area contributed by atoms with Crippen molar-refractivity contribution in [3.05, 3.63) is 35.4 Å². The Bertz CT molecular complexity index is 445. The van der Waals surface area contributed by atoms with Crippen LogP contribution in [0.1, 0.15) is 29.8 Å².